The van der Waals surface area contributed by atoms with Gasteiger partial charge in [0, 0.05) is 0 Å². The number of hydrogen-bond donors (Lipinski definition) is 1. The summed E-state index contributed by atoms with van der Waals surface area (Å²) in [5.74, 6) is -1.000. The number of esters is 1. The molecule has 0 radical (unpaired) electrons. The van der Waals surface area contributed by atoms with Crippen molar-refractivity contribution in [1.82, 2.24) is 14.7 Å². The van der Waals surface area contributed by atoms with Crippen molar-refractivity contribution in [2.45, 2.75) is 11.7 Å². The van der Waals surface area contributed by atoms with Gasteiger partial charge in [0.1, 0.15) is 6.61 Å². The van der Waals surface area contributed by atoms with Crippen LogP contribution >= 0.6 is 0 Å². The molecule has 1 aromatic carbocycles. The number of nitrogens with zero attached hydrogens (tertiary/aromatic N) is 2. The van der Waals surface area contributed by atoms with Gasteiger partial charge < -0.3 is 9.15 Å². The van der Waals surface area contributed by atoms with Gasteiger partial charge >= 0.3 is 5.97 Å². The lowest BCUT2D eigenvalue weighted by Crippen LogP contribution is -2.17. The molecule has 2 heterocycles. The summed E-state index contributed by atoms with van der Waals surface area (Å²) in [7, 11) is -2.50. The van der Waals surface area contributed by atoms with Crippen LogP contribution < -0.4 is 4.72 Å². The third kappa shape index (κ3) is 3.26. The number of aromatic nitrogens is 2. The molecule has 0 fully saturated rings. The molecule has 3 rings (SSSR count). The Hall–Kier alpha value is -2.78. The van der Waals surface area contributed by atoms with Gasteiger partial charge in [0.15, 0.2) is 0 Å². The molecule has 0 aliphatic heterocycles. The van der Waals surface area contributed by atoms with E-state index in [9.17, 15) is 13.2 Å². The van der Waals surface area contributed by atoms with Gasteiger partial charge in [-0.05, 0) is 31.3 Å². The SMILES string of the molecule is CNS(=O)(=O)c1ccc(C(=O)OCc2cnc3ccccc3n2)o1. The number of para-hydroxylation sites is 2. The van der Waals surface area contributed by atoms with E-state index < -0.39 is 16.0 Å². The molecule has 0 amide bonds. The molecule has 3 aromatic rings. The number of nitrogens with one attached hydrogen (secondary N) is 1. The normalized spacial score (nSPS) is 11.5. The fourth-order valence-corrected chi connectivity index (χ4v) is 2.60. The molecule has 0 bridgehead atoms. The molecular formula is C15H13N3O5S. The Labute approximate surface area is 137 Å². The van der Waals surface area contributed by atoms with Gasteiger partial charge in [-0.15, -0.1) is 0 Å². The van der Waals surface area contributed by atoms with Crippen molar-refractivity contribution in [3.63, 3.8) is 0 Å². The molecule has 0 saturated heterocycles. The first-order valence-corrected chi connectivity index (χ1v) is 8.39. The van der Waals surface area contributed by atoms with Crippen LogP contribution in [-0.2, 0) is 21.4 Å². The van der Waals surface area contributed by atoms with Crippen molar-refractivity contribution in [3.05, 3.63) is 54.0 Å². The molecule has 0 unspecified atom stereocenters. The van der Waals surface area contributed by atoms with Crippen molar-refractivity contribution < 1.29 is 22.4 Å². The van der Waals surface area contributed by atoms with Crippen molar-refractivity contribution in [1.29, 1.82) is 0 Å². The number of fused-ring (bicyclic) bond motifs is 1. The number of rotatable bonds is 5. The van der Waals surface area contributed by atoms with Crippen molar-refractivity contribution in [2.24, 2.45) is 0 Å². The highest BCUT2D eigenvalue weighted by molar-refractivity contribution is 7.89. The van der Waals surface area contributed by atoms with E-state index in [1.807, 2.05) is 18.2 Å². The average Bonchev–Trinajstić information content (AvgIpc) is 3.10. The van der Waals surface area contributed by atoms with Gasteiger partial charge in [-0.25, -0.2) is 22.9 Å². The van der Waals surface area contributed by atoms with Gasteiger partial charge in [-0.1, -0.05) is 12.1 Å². The number of benzene rings is 1. The first kappa shape index (κ1) is 16.1. The molecule has 0 aliphatic carbocycles. The first-order valence-electron chi connectivity index (χ1n) is 6.91. The molecule has 1 N–H and O–H groups in total. The number of carbonyl (C=O) groups is 1. The lowest BCUT2D eigenvalue weighted by molar-refractivity contribution is 0.0425. The van der Waals surface area contributed by atoms with E-state index >= 15 is 0 Å². The average molecular weight is 347 g/mol. The van der Waals surface area contributed by atoms with Gasteiger partial charge in [0.2, 0.25) is 10.9 Å². The van der Waals surface area contributed by atoms with Crippen LogP contribution in [0.2, 0.25) is 0 Å². The zero-order valence-corrected chi connectivity index (χ0v) is 13.4. The maximum absolute atomic E-state index is 11.9. The molecule has 0 aliphatic rings. The second kappa shape index (κ2) is 6.38. The molecule has 24 heavy (non-hydrogen) atoms. The molecule has 9 heteroatoms. The highest BCUT2D eigenvalue weighted by Gasteiger charge is 2.20. The first-order chi connectivity index (χ1) is 11.5. The van der Waals surface area contributed by atoms with E-state index in [4.69, 9.17) is 9.15 Å². The van der Waals surface area contributed by atoms with Crippen LogP contribution in [0, 0.1) is 0 Å². The van der Waals surface area contributed by atoms with E-state index in [1.54, 1.807) is 6.07 Å². The second-order valence-electron chi connectivity index (χ2n) is 4.75. The van der Waals surface area contributed by atoms with Gasteiger partial charge in [0.05, 0.1) is 22.9 Å². The molecule has 0 saturated carbocycles. The molecule has 0 atom stereocenters. The van der Waals surface area contributed by atoms with Crippen LogP contribution in [0.4, 0.5) is 0 Å². The monoisotopic (exact) mass is 347 g/mol. The summed E-state index contributed by atoms with van der Waals surface area (Å²) < 4.78 is 35.3. The fraction of sp³-hybridized carbons (Fsp3) is 0.133. The number of ether oxygens (including phenoxy) is 1. The largest absolute Gasteiger partial charge is 0.453 e. The van der Waals surface area contributed by atoms with Crippen LogP contribution in [0.1, 0.15) is 16.2 Å². The Kier molecular flexibility index (Phi) is 4.28. The Morgan fingerprint density at radius 1 is 1.21 bits per heavy atom. The Morgan fingerprint density at radius 3 is 2.71 bits per heavy atom. The van der Waals surface area contributed by atoms with Gasteiger partial charge in [0.25, 0.3) is 10.0 Å². The lowest BCUT2D eigenvalue weighted by Gasteiger charge is -2.03. The van der Waals surface area contributed by atoms with E-state index in [0.29, 0.717) is 11.2 Å². The van der Waals surface area contributed by atoms with Crippen LogP contribution in [0.3, 0.4) is 0 Å². The minimum atomic E-state index is -3.75. The number of sulfonamides is 1. The minimum absolute atomic E-state index is 0.106. The smallest absolute Gasteiger partial charge is 0.374 e. The van der Waals surface area contributed by atoms with E-state index in [-0.39, 0.29) is 17.5 Å². The van der Waals surface area contributed by atoms with Crippen LogP contribution in [0.25, 0.3) is 11.0 Å². The van der Waals surface area contributed by atoms with E-state index in [1.165, 1.54) is 25.4 Å². The third-order valence-electron chi connectivity index (χ3n) is 3.17. The second-order valence-corrected chi connectivity index (χ2v) is 6.57. The molecular weight excluding hydrogens is 334 g/mol. The number of furan rings is 1. The van der Waals surface area contributed by atoms with Gasteiger partial charge in [-0.2, -0.15) is 0 Å². The number of hydrogen-bond acceptors (Lipinski definition) is 7. The van der Waals surface area contributed by atoms with Gasteiger partial charge in [-0.3, -0.25) is 4.98 Å². The molecule has 8 nitrogen and oxygen atoms in total. The lowest BCUT2D eigenvalue weighted by atomic mass is 10.3. The molecule has 124 valence electrons. The van der Waals surface area contributed by atoms with Crippen LogP contribution in [0.5, 0.6) is 0 Å². The van der Waals surface area contributed by atoms with E-state index in [0.717, 1.165) is 5.52 Å². The third-order valence-corrected chi connectivity index (χ3v) is 4.45. The fourth-order valence-electron chi connectivity index (χ4n) is 1.95. The van der Waals surface area contributed by atoms with Crippen molar-refractivity contribution in [3.8, 4) is 0 Å². The zero-order chi connectivity index (χ0) is 17.2. The molecule has 0 spiro atoms. The minimum Gasteiger partial charge on any atom is -0.453 e. The Balaban J connectivity index is 1.70. The van der Waals surface area contributed by atoms with Crippen molar-refractivity contribution >= 4 is 27.0 Å². The maximum Gasteiger partial charge on any atom is 0.374 e. The van der Waals surface area contributed by atoms with Crippen LogP contribution in [0.15, 0.2) is 52.1 Å². The highest BCUT2D eigenvalue weighted by atomic mass is 32.2. The summed E-state index contributed by atoms with van der Waals surface area (Å²) >= 11 is 0. The zero-order valence-electron chi connectivity index (χ0n) is 12.6. The number of carbonyl (C=O) groups excluding carboxylic acids is 1. The van der Waals surface area contributed by atoms with Crippen molar-refractivity contribution in [2.75, 3.05) is 7.05 Å². The summed E-state index contributed by atoms with van der Waals surface area (Å²) in [6.45, 7) is -0.106. The van der Waals surface area contributed by atoms with Crippen LogP contribution in [-0.4, -0.2) is 31.4 Å². The predicted molar refractivity (Wildman–Crippen MR) is 83.6 cm³/mol. The summed E-state index contributed by atoms with van der Waals surface area (Å²) in [6, 6.07) is 9.72. The summed E-state index contributed by atoms with van der Waals surface area (Å²) in [5.41, 5.74) is 1.89. The highest BCUT2D eigenvalue weighted by Crippen LogP contribution is 2.15. The molecule has 2 aromatic heterocycles. The maximum atomic E-state index is 11.9. The summed E-state index contributed by atoms with van der Waals surface area (Å²) in [6.07, 6.45) is 1.51. The topological polar surface area (TPSA) is 111 Å². The summed E-state index contributed by atoms with van der Waals surface area (Å²) in [4.78, 5) is 20.5. The Morgan fingerprint density at radius 2 is 1.96 bits per heavy atom. The Bertz CT molecular complexity index is 997. The summed E-state index contributed by atoms with van der Waals surface area (Å²) in [5, 5.41) is -0.359. The standard InChI is InChI=1S/C15H13N3O5S/c1-16-24(20,21)14-7-6-13(23-14)15(19)22-9-10-8-17-11-4-2-3-5-12(11)18-10/h2-8,16H,9H2,1H3. The van der Waals surface area contributed by atoms with E-state index in [2.05, 4.69) is 14.7 Å². The quantitative estimate of drug-likeness (QED) is 0.696. The predicted octanol–water partition coefficient (Wildman–Crippen LogP) is 1.49.